The van der Waals surface area contributed by atoms with Gasteiger partial charge in [-0.25, -0.2) is 0 Å². The van der Waals surface area contributed by atoms with E-state index in [1.807, 2.05) is 20.2 Å². The molecular weight excluding hydrogens is 248 g/mol. The fraction of sp³-hybridized carbons (Fsp3) is 0.643. The van der Waals surface area contributed by atoms with Gasteiger partial charge in [-0.15, -0.1) is 0 Å². The summed E-state index contributed by atoms with van der Waals surface area (Å²) in [6, 6.07) is 2.39. The standard InChI is InChI=1S/C14H21ClN2O/c1-16-12(9-14(18-2)5-3-6-14)8-11-4-7-17-10-13(11)15/h4,7,10,12,16H,3,5-6,8-9H2,1-2H3. The van der Waals surface area contributed by atoms with Crippen LogP contribution in [0.4, 0.5) is 0 Å². The molecular formula is C14H21ClN2O. The lowest BCUT2D eigenvalue weighted by molar-refractivity contribution is -0.0830. The summed E-state index contributed by atoms with van der Waals surface area (Å²) in [6.45, 7) is 0. The van der Waals surface area contributed by atoms with Gasteiger partial charge in [-0.3, -0.25) is 4.98 Å². The van der Waals surface area contributed by atoms with E-state index < -0.39 is 0 Å². The summed E-state index contributed by atoms with van der Waals surface area (Å²) in [7, 11) is 3.83. The highest BCUT2D eigenvalue weighted by atomic mass is 35.5. The lowest BCUT2D eigenvalue weighted by Gasteiger charge is -2.42. The zero-order valence-electron chi connectivity index (χ0n) is 11.1. The number of hydrogen-bond donors (Lipinski definition) is 1. The normalized spacial score (nSPS) is 19.3. The van der Waals surface area contributed by atoms with Gasteiger partial charge >= 0.3 is 0 Å². The highest BCUT2D eigenvalue weighted by Crippen LogP contribution is 2.39. The largest absolute Gasteiger partial charge is 0.378 e. The Labute approximate surface area is 114 Å². The Bertz CT molecular complexity index is 388. The Morgan fingerprint density at radius 3 is 2.83 bits per heavy atom. The maximum atomic E-state index is 6.16. The molecule has 0 spiro atoms. The van der Waals surface area contributed by atoms with Crippen molar-refractivity contribution in [3.8, 4) is 0 Å². The third-order valence-electron chi connectivity index (χ3n) is 4.05. The number of rotatable bonds is 6. The molecule has 1 N–H and O–H groups in total. The number of ether oxygens (including phenoxy) is 1. The molecule has 3 nitrogen and oxygen atoms in total. The monoisotopic (exact) mass is 268 g/mol. The number of aromatic nitrogens is 1. The predicted molar refractivity (Wildman–Crippen MR) is 74.0 cm³/mol. The predicted octanol–water partition coefficient (Wildman–Crippen LogP) is 2.82. The Balaban J connectivity index is 1.99. The van der Waals surface area contributed by atoms with Crippen molar-refractivity contribution in [2.45, 2.75) is 43.7 Å². The van der Waals surface area contributed by atoms with Crippen molar-refractivity contribution in [1.82, 2.24) is 10.3 Å². The Morgan fingerprint density at radius 2 is 2.33 bits per heavy atom. The van der Waals surface area contributed by atoms with Crippen LogP contribution in [0, 0.1) is 0 Å². The Kier molecular flexibility index (Phi) is 4.60. The van der Waals surface area contributed by atoms with Gasteiger partial charge in [0.2, 0.25) is 0 Å². The van der Waals surface area contributed by atoms with Gasteiger partial charge in [-0.2, -0.15) is 0 Å². The van der Waals surface area contributed by atoms with Crippen LogP contribution in [0.5, 0.6) is 0 Å². The molecule has 1 aliphatic rings. The van der Waals surface area contributed by atoms with Crippen molar-refractivity contribution in [3.63, 3.8) is 0 Å². The number of nitrogens with zero attached hydrogens (tertiary/aromatic N) is 1. The number of likely N-dealkylation sites (N-methyl/N-ethyl adjacent to an activating group) is 1. The quantitative estimate of drug-likeness (QED) is 0.862. The van der Waals surface area contributed by atoms with Crippen molar-refractivity contribution >= 4 is 11.6 Å². The molecule has 0 saturated heterocycles. The molecule has 0 radical (unpaired) electrons. The molecule has 1 aromatic rings. The van der Waals surface area contributed by atoms with Crippen LogP contribution < -0.4 is 5.32 Å². The summed E-state index contributed by atoms with van der Waals surface area (Å²) in [5.41, 5.74) is 1.24. The first kappa shape index (κ1) is 13.8. The highest BCUT2D eigenvalue weighted by molar-refractivity contribution is 6.31. The van der Waals surface area contributed by atoms with Crippen LogP contribution in [-0.4, -0.2) is 30.8 Å². The molecule has 0 aliphatic heterocycles. The zero-order chi connectivity index (χ0) is 13.0. The van der Waals surface area contributed by atoms with E-state index in [0.717, 1.165) is 23.4 Å². The van der Waals surface area contributed by atoms with Gasteiger partial charge in [-0.1, -0.05) is 11.6 Å². The molecule has 18 heavy (non-hydrogen) atoms. The van der Waals surface area contributed by atoms with E-state index in [-0.39, 0.29) is 5.60 Å². The topological polar surface area (TPSA) is 34.2 Å². The molecule has 1 saturated carbocycles. The number of methoxy groups -OCH3 is 1. The van der Waals surface area contributed by atoms with Crippen LogP contribution in [0.25, 0.3) is 0 Å². The number of nitrogens with one attached hydrogen (secondary N) is 1. The van der Waals surface area contributed by atoms with Gasteiger partial charge in [0.1, 0.15) is 0 Å². The lowest BCUT2D eigenvalue weighted by atomic mass is 9.75. The van der Waals surface area contributed by atoms with Gasteiger partial charge < -0.3 is 10.1 Å². The molecule has 1 fully saturated rings. The highest BCUT2D eigenvalue weighted by Gasteiger charge is 2.38. The van der Waals surface area contributed by atoms with Crippen LogP contribution in [0.3, 0.4) is 0 Å². The molecule has 1 aliphatic carbocycles. The van der Waals surface area contributed by atoms with E-state index in [0.29, 0.717) is 6.04 Å². The molecule has 0 aromatic carbocycles. The van der Waals surface area contributed by atoms with Gasteiger partial charge in [0.05, 0.1) is 10.6 Å². The minimum Gasteiger partial charge on any atom is -0.378 e. The molecule has 2 rings (SSSR count). The van der Waals surface area contributed by atoms with Crippen LogP contribution in [0.15, 0.2) is 18.5 Å². The second-order valence-electron chi connectivity index (χ2n) is 5.10. The van der Waals surface area contributed by atoms with E-state index in [1.165, 1.54) is 19.3 Å². The van der Waals surface area contributed by atoms with E-state index in [2.05, 4.69) is 10.3 Å². The van der Waals surface area contributed by atoms with Gasteiger partial charge in [-0.05, 0) is 50.8 Å². The van der Waals surface area contributed by atoms with Crippen LogP contribution in [-0.2, 0) is 11.2 Å². The first-order chi connectivity index (χ1) is 8.69. The third-order valence-corrected chi connectivity index (χ3v) is 4.39. The van der Waals surface area contributed by atoms with Crippen LogP contribution >= 0.6 is 11.6 Å². The maximum Gasteiger partial charge on any atom is 0.0693 e. The second kappa shape index (κ2) is 6.00. The molecule has 1 unspecified atom stereocenters. The summed E-state index contributed by atoms with van der Waals surface area (Å²) >= 11 is 6.16. The fourth-order valence-corrected chi connectivity index (χ4v) is 2.82. The average Bonchev–Trinajstić information content (AvgIpc) is 2.35. The number of halogens is 1. The first-order valence-electron chi connectivity index (χ1n) is 6.50. The molecule has 1 heterocycles. The van der Waals surface area contributed by atoms with Crippen molar-refractivity contribution in [2.24, 2.45) is 0 Å². The van der Waals surface area contributed by atoms with Crippen molar-refractivity contribution in [2.75, 3.05) is 14.2 Å². The molecule has 0 amide bonds. The second-order valence-corrected chi connectivity index (χ2v) is 5.51. The molecule has 4 heteroatoms. The Morgan fingerprint density at radius 1 is 1.56 bits per heavy atom. The maximum absolute atomic E-state index is 6.16. The lowest BCUT2D eigenvalue weighted by Crippen LogP contribution is -2.45. The van der Waals surface area contributed by atoms with Crippen molar-refractivity contribution < 1.29 is 4.74 Å². The smallest absolute Gasteiger partial charge is 0.0693 e. The SMILES string of the molecule is CNC(Cc1ccncc1Cl)CC1(OC)CCC1. The molecule has 0 bridgehead atoms. The van der Waals surface area contributed by atoms with Crippen molar-refractivity contribution in [3.05, 3.63) is 29.0 Å². The summed E-state index contributed by atoms with van der Waals surface area (Å²) in [6.07, 6.45) is 9.09. The van der Waals surface area contributed by atoms with Gasteiger partial charge in [0, 0.05) is 25.5 Å². The summed E-state index contributed by atoms with van der Waals surface area (Å²) in [5.74, 6) is 0. The summed E-state index contributed by atoms with van der Waals surface area (Å²) in [5, 5.41) is 4.12. The number of pyridine rings is 1. The molecule has 1 atom stereocenters. The minimum absolute atomic E-state index is 0.0905. The van der Waals surface area contributed by atoms with E-state index in [1.54, 1.807) is 12.4 Å². The Hall–Kier alpha value is -0.640. The van der Waals surface area contributed by atoms with Gasteiger partial charge in [0.15, 0.2) is 0 Å². The molecule has 1 aromatic heterocycles. The third kappa shape index (κ3) is 3.02. The summed E-state index contributed by atoms with van der Waals surface area (Å²) in [4.78, 5) is 4.02. The van der Waals surface area contributed by atoms with E-state index in [4.69, 9.17) is 16.3 Å². The van der Waals surface area contributed by atoms with E-state index in [9.17, 15) is 0 Å². The minimum atomic E-state index is 0.0905. The molecule has 100 valence electrons. The van der Waals surface area contributed by atoms with Crippen LogP contribution in [0.1, 0.15) is 31.2 Å². The van der Waals surface area contributed by atoms with Crippen LogP contribution in [0.2, 0.25) is 5.02 Å². The van der Waals surface area contributed by atoms with Gasteiger partial charge in [0.25, 0.3) is 0 Å². The first-order valence-corrected chi connectivity index (χ1v) is 6.88. The summed E-state index contributed by atoms with van der Waals surface area (Å²) < 4.78 is 5.69. The zero-order valence-corrected chi connectivity index (χ0v) is 11.8. The van der Waals surface area contributed by atoms with E-state index >= 15 is 0 Å². The van der Waals surface area contributed by atoms with Crippen molar-refractivity contribution in [1.29, 1.82) is 0 Å². The number of hydrogen-bond acceptors (Lipinski definition) is 3. The fourth-order valence-electron chi connectivity index (χ4n) is 2.62. The average molecular weight is 269 g/mol.